The molecule has 1 fully saturated rings. The quantitative estimate of drug-likeness (QED) is 0.831. The first-order valence-corrected chi connectivity index (χ1v) is 7.12. The molecule has 1 unspecified atom stereocenters. The van der Waals surface area contributed by atoms with Crippen LogP contribution in [0.5, 0.6) is 0 Å². The Hall–Kier alpha value is -0.900. The minimum Gasteiger partial charge on any atom is -0.329 e. The highest BCUT2D eigenvalue weighted by Gasteiger charge is 2.21. The second-order valence-electron chi connectivity index (χ2n) is 5.52. The van der Waals surface area contributed by atoms with Crippen molar-refractivity contribution in [1.29, 1.82) is 0 Å². The van der Waals surface area contributed by atoms with Gasteiger partial charge in [0.05, 0.1) is 0 Å². The highest BCUT2D eigenvalue weighted by Crippen LogP contribution is 2.23. The molecule has 3 rings (SSSR count). The average molecular weight is 245 g/mol. The van der Waals surface area contributed by atoms with Crippen molar-refractivity contribution in [2.45, 2.75) is 31.8 Å². The van der Waals surface area contributed by atoms with E-state index in [4.69, 9.17) is 5.73 Å². The van der Waals surface area contributed by atoms with Gasteiger partial charge in [-0.05, 0) is 36.0 Å². The van der Waals surface area contributed by atoms with E-state index in [-0.39, 0.29) is 0 Å². The lowest BCUT2D eigenvalue weighted by atomic mass is 10.0. The van der Waals surface area contributed by atoms with Crippen LogP contribution in [0.25, 0.3) is 0 Å². The monoisotopic (exact) mass is 245 g/mol. The van der Waals surface area contributed by atoms with Crippen LogP contribution in [0.4, 0.5) is 0 Å². The molecule has 0 spiro atoms. The fraction of sp³-hybridized carbons (Fsp3) is 0.600. The molecule has 2 aliphatic rings. The van der Waals surface area contributed by atoms with Crippen molar-refractivity contribution in [3.8, 4) is 0 Å². The molecule has 1 aliphatic carbocycles. The molecule has 1 aromatic carbocycles. The van der Waals surface area contributed by atoms with Crippen LogP contribution in [0.1, 0.15) is 23.1 Å². The topological polar surface area (TPSA) is 41.3 Å². The van der Waals surface area contributed by atoms with E-state index in [1.807, 2.05) is 0 Å². The van der Waals surface area contributed by atoms with E-state index in [2.05, 4.69) is 28.4 Å². The molecule has 0 radical (unpaired) electrons. The molecule has 1 saturated heterocycles. The van der Waals surface area contributed by atoms with Gasteiger partial charge in [-0.3, -0.25) is 4.90 Å². The first-order chi connectivity index (χ1) is 8.86. The minimum atomic E-state index is 0.493. The maximum absolute atomic E-state index is 5.86. The Bertz CT molecular complexity index is 416. The number of fused-ring (bicyclic) bond motifs is 1. The van der Waals surface area contributed by atoms with Gasteiger partial charge in [-0.1, -0.05) is 18.2 Å². The summed E-state index contributed by atoms with van der Waals surface area (Å²) in [5.41, 5.74) is 10.5. The van der Waals surface area contributed by atoms with Crippen LogP contribution in [-0.4, -0.2) is 37.1 Å². The molecular weight excluding hydrogens is 222 g/mol. The Morgan fingerprint density at radius 1 is 1.28 bits per heavy atom. The number of nitrogens with two attached hydrogens (primary N) is 1. The number of hydrogen-bond donors (Lipinski definition) is 2. The van der Waals surface area contributed by atoms with Crippen molar-refractivity contribution in [2.24, 2.45) is 5.73 Å². The molecule has 3 heteroatoms. The van der Waals surface area contributed by atoms with Gasteiger partial charge in [0, 0.05) is 38.8 Å². The van der Waals surface area contributed by atoms with E-state index < -0.39 is 0 Å². The largest absolute Gasteiger partial charge is 0.329 e. The fourth-order valence-corrected chi connectivity index (χ4v) is 3.20. The third-order valence-corrected chi connectivity index (χ3v) is 4.29. The number of nitrogens with zero attached hydrogens (tertiary/aromatic N) is 1. The van der Waals surface area contributed by atoms with E-state index in [1.54, 1.807) is 11.1 Å². The van der Waals surface area contributed by atoms with Crippen LogP contribution in [0.2, 0.25) is 0 Å². The minimum absolute atomic E-state index is 0.493. The Kier molecular flexibility index (Phi) is 3.64. The first kappa shape index (κ1) is 12.2. The number of nitrogens with one attached hydrogen (secondary N) is 1. The van der Waals surface area contributed by atoms with Crippen LogP contribution < -0.4 is 11.1 Å². The van der Waals surface area contributed by atoms with Gasteiger partial charge in [0.2, 0.25) is 0 Å². The van der Waals surface area contributed by atoms with Gasteiger partial charge in [0.15, 0.2) is 0 Å². The lowest BCUT2D eigenvalue weighted by Gasteiger charge is -2.35. The Morgan fingerprint density at radius 2 is 2.17 bits per heavy atom. The summed E-state index contributed by atoms with van der Waals surface area (Å²) in [6.07, 6.45) is 3.87. The normalized spacial score (nSPS) is 24.2. The van der Waals surface area contributed by atoms with Crippen LogP contribution in [0, 0.1) is 0 Å². The molecule has 1 aliphatic heterocycles. The van der Waals surface area contributed by atoms with Crippen LogP contribution in [0.15, 0.2) is 18.2 Å². The van der Waals surface area contributed by atoms with Gasteiger partial charge in [-0.25, -0.2) is 0 Å². The predicted octanol–water partition coefficient (Wildman–Crippen LogP) is 0.908. The molecular formula is C15H23N3. The zero-order valence-electron chi connectivity index (χ0n) is 11.0. The highest BCUT2D eigenvalue weighted by molar-refractivity contribution is 5.35. The first-order valence-electron chi connectivity index (χ1n) is 7.12. The van der Waals surface area contributed by atoms with Gasteiger partial charge >= 0.3 is 0 Å². The molecule has 98 valence electrons. The van der Waals surface area contributed by atoms with E-state index >= 15 is 0 Å². The zero-order chi connectivity index (χ0) is 12.4. The molecule has 0 aromatic heterocycles. The summed E-state index contributed by atoms with van der Waals surface area (Å²) in [5, 5.41) is 3.42. The van der Waals surface area contributed by atoms with E-state index in [1.165, 1.54) is 24.8 Å². The predicted molar refractivity (Wildman–Crippen MR) is 74.6 cm³/mol. The van der Waals surface area contributed by atoms with E-state index in [9.17, 15) is 0 Å². The lowest BCUT2D eigenvalue weighted by Crippen LogP contribution is -2.53. The lowest BCUT2D eigenvalue weighted by molar-refractivity contribution is 0.158. The van der Waals surface area contributed by atoms with Crippen LogP contribution in [0.3, 0.4) is 0 Å². The van der Waals surface area contributed by atoms with Crippen molar-refractivity contribution < 1.29 is 0 Å². The van der Waals surface area contributed by atoms with Gasteiger partial charge in [0.1, 0.15) is 0 Å². The molecule has 1 atom stereocenters. The standard InChI is InChI=1S/C15H23N3/c16-9-15-10-17-6-7-18(15)11-12-4-5-13-2-1-3-14(13)8-12/h4-5,8,15,17H,1-3,6-7,9-11,16H2. The third-order valence-electron chi connectivity index (χ3n) is 4.29. The van der Waals surface area contributed by atoms with Crippen molar-refractivity contribution in [3.63, 3.8) is 0 Å². The average Bonchev–Trinajstić information content (AvgIpc) is 2.87. The number of hydrogen-bond acceptors (Lipinski definition) is 3. The zero-order valence-corrected chi connectivity index (χ0v) is 11.0. The number of aryl methyl sites for hydroxylation is 2. The van der Waals surface area contributed by atoms with Gasteiger partial charge in [-0.2, -0.15) is 0 Å². The summed E-state index contributed by atoms with van der Waals surface area (Å²) in [4.78, 5) is 2.52. The maximum atomic E-state index is 5.86. The summed E-state index contributed by atoms with van der Waals surface area (Å²) in [6.45, 7) is 5.02. The molecule has 0 bridgehead atoms. The molecule has 1 heterocycles. The summed E-state index contributed by atoms with van der Waals surface area (Å²) in [6, 6.07) is 7.54. The summed E-state index contributed by atoms with van der Waals surface area (Å²) in [5.74, 6) is 0. The Labute approximate surface area is 109 Å². The van der Waals surface area contributed by atoms with Gasteiger partial charge in [0.25, 0.3) is 0 Å². The number of benzene rings is 1. The molecule has 18 heavy (non-hydrogen) atoms. The van der Waals surface area contributed by atoms with Crippen molar-refractivity contribution >= 4 is 0 Å². The smallest absolute Gasteiger partial charge is 0.0347 e. The molecule has 3 nitrogen and oxygen atoms in total. The second kappa shape index (κ2) is 5.39. The number of rotatable bonds is 3. The Balaban J connectivity index is 1.71. The second-order valence-corrected chi connectivity index (χ2v) is 5.52. The molecule has 0 saturated carbocycles. The maximum Gasteiger partial charge on any atom is 0.0347 e. The summed E-state index contributed by atoms with van der Waals surface area (Å²) in [7, 11) is 0. The molecule has 1 aromatic rings. The van der Waals surface area contributed by atoms with E-state index in [0.717, 1.165) is 32.7 Å². The SMILES string of the molecule is NCC1CNCCN1Cc1ccc2c(c1)CCC2. The Morgan fingerprint density at radius 3 is 3.06 bits per heavy atom. The third kappa shape index (κ3) is 2.44. The molecule has 0 amide bonds. The van der Waals surface area contributed by atoms with Gasteiger partial charge in [-0.15, -0.1) is 0 Å². The van der Waals surface area contributed by atoms with Gasteiger partial charge < -0.3 is 11.1 Å². The highest BCUT2D eigenvalue weighted by atomic mass is 15.2. The summed E-state index contributed by atoms with van der Waals surface area (Å²) >= 11 is 0. The molecule has 3 N–H and O–H groups in total. The van der Waals surface area contributed by atoms with Crippen molar-refractivity contribution in [2.75, 3.05) is 26.2 Å². The van der Waals surface area contributed by atoms with E-state index in [0.29, 0.717) is 6.04 Å². The fourth-order valence-electron chi connectivity index (χ4n) is 3.20. The van der Waals surface area contributed by atoms with Crippen molar-refractivity contribution in [1.82, 2.24) is 10.2 Å². The number of piperazine rings is 1. The van der Waals surface area contributed by atoms with Crippen LogP contribution in [-0.2, 0) is 19.4 Å². The van der Waals surface area contributed by atoms with Crippen molar-refractivity contribution in [3.05, 3.63) is 34.9 Å². The summed E-state index contributed by atoms with van der Waals surface area (Å²) < 4.78 is 0. The van der Waals surface area contributed by atoms with Crippen LogP contribution >= 0.6 is 0 Å².